The minimum atomic E-state index is -0.831. The van der Waals surface area contributed by atoms with Crippen molar-refractivity contribution in [1.29, 1.82) is 0 Å². The van der Waals surface area contributed by atoms with E-state index >= 15 is 0 Å². The van der Waals surface area contributed by atoms with E-state index in [1.165, 1.54) is 12.1 Å². The second-order valence-corrected chi connectivity index (χ2v) is 9.20. The van der Waals surface area contributed by atoms with Crippen LogP contribution in [0.3, 0.4) is 0 Å². The first-order valence-electron chi connectivity index (χ1n) is 10.4. The van der Waals surface area contributed by atoms with Crippen molar-refractivity contribution in [2.45, 2.75) is 20.5 Å². The summed E-state index contributed by atoms with van der Waals surface area (Å²) in [6, 6.07) is 17.3. The lowest BCUT2D eigenvalue weighted by Gasteiger charge is -2.27. The fraction of sp³-hybridized carbons (Fsp3) is 0.115. The molecule has 4 rings (SSSR count). The number of nitrogens with zero attached hydrogens (tertiary/aromatic N) is 1. The zero-order chi connectivity index (χ0) is 24.4. The summed E-state index contributed by atoms with van der Waals surface area (Å²) in [5, 5.41) is 2.60. The monoisotopic (exact) mass is 538 g/mol. The number of hydrogen-bond acceptors (Lipinski definition) is 4. The normalized spacial score (nSPS) is 15.0. The van der Waals surface area contributed by atoms with Crippen LogP contribution in [0.25, 0.3) is 6.08 Å². The summed E-state index contributed by atoms with van der Waals surface area (Å²) < 4.78 is 6.75. The molecule has 172 valence electrons. The number of aryl methyl sites for hydroxylation is 2. The van der Waals surface area contributed by atoms with E-state index in [9.17, 15) is 14.4 Å². The molecule has 1 aliphatic heterocycles. The molecule has 0 spiro atoms. The molecule has 1 N–H and O–H groups in total. The van der Waals surface area contributed by atoms with E-state index in [-0.39, 0.29) is 5.57 Å². The number of urea groups is 1. The lowest BCUT2D eigenvalue weighted by Crippen LogP contribution is -2.54. The van der Waals surface area contributed by atoms with E-state index in [1.54, 1.807) is 31.2 Å². The van der Waals surface area contributed by atoms with Crippen molar-refractivity contribution in [2.75, 3.05) is 4.90 Å². The van der Waals surface area contributed by atoms with Gasteiger partial charge in [0.1, 0.15) is 17.9 Å². The number of benzene rings is 3. The number of nitrogens with one attached hydrogen (secondary N) is 1. The van der Waals surface area contributed by atoms with E-state index in [0.717, 1.165) is 20.5 Å². The highest BCUT2D eigenvalue weighted by molar-refractivity contribution is 9.10. The number of carbonyl (C=O) groups excluding carboxylic acids is 3. The largest absolute Gasteiger partial charge is 0.488 e. The Hall–Kier alpha value is -3.42. The Labute approximate surface area is 210 Å². The Kier molecular flexibility index (Phi) is 6.86. The van der Waals surface area contributed by atoms with Gasteiger partial charge in [0.2, 0.25) is 0 Å². The molecule has 4 amide bonds. The number of amides is 4. The summed E-state index contributed by atoms with van der Waals surface area (Å²) in [7, 11) is 0. The second kappa shape index (κ2) is 9.83. The SMILES string of the molecule is Cc1cccc(COc2ccc(Br)cc2/C=C2\C(=O)NC(=O)N(c3cc(Cl)ccc3C)C2=O)c1. The number of ether oxygens (including phenoxy) is 1. The molecule has 8 heteroatoms. The molecule has 3 aromatic rings. The molecule has 1 heterocycles. The van der Waals surface area contributed by atoms with Crippen LogP contribution >= 0.6 is 27.5 Å². The molecule has 3 aromatic carbocycles. The predicted molar refractivity (Wildman–Crippen MR) is 135 cm³/mol. The Bertz CT molecular complexity index is 1350. The standard InChI is InChI=1S/C26H20BrClN2O4/c1-15-4-3-5-17(10-15)14-34-23-9-7-19(27)11-18(23)12-21-24(31)29-26(33)30(25(21)32)22-13-20(28)8-6-16(22)2/h3-13H,14H2,1-2H3,(H,29,31,33)/b21-12+. The van der Waals surface area contributed by atoms with Gasteiger partial charge in [-0.05, 0) is 61.4 Å². The van der Waals surface area contributed by atoms with Gasteiger partial charge in [0.25, 0.3) is 11.8 Å². The van der Waals surface area contributed by atoms with Crippen LogP contribution in [-0.2, 0) is 16.2 Å². The van der Waals surface area contributed by atoms with Gasteiger partial charge in [-0.15, -0.1) is 0 Å². The maximum atomic E-state index is 13.3. The number of anilines is 1. The highest BCUT2D eigenvalue weighted by Gasteiger charge is 2.37. The van der Waals surface area contributed by atoms with Crippen molar-refractivity contribution < 1.29 is 19.1 Å². The Morgan fingerprint density at radius 3 is 2.59 bits per heavy atom. The van der Waals surface area contributed by atoms with Crippen molar-refractivity contribution in [3.8, 4) is 5.75 Å². The molecule has 0 atom stereocenters. The van der Waals surface area contributed by atoms with Crippen molar-refractivity contribution >= 4 is 57.1 Å². The van der Waals surface area contributed by atoms with E-state index in [1.807, 2.05) is 37.3 Å². The van der Waals surface area contributed by atoms with Crippen molar-refractivity contribution in [3.63, 3.8) is 0 Å². The lowest BCUT2D eigenvalue weighted by molar-refractivity contribution is -0.122. The van der Waals surface area contributed by atoms with Crippen LogP contribution in [0.1, 0.15) is 22.3 Å². The molecule has 0 bridgehead atoms. The first kappa shape index (κ1) is 23.7. The summed E-state index contributed by atoms with van der Waals surface area (Å²) in [5.74, 6) is -1.04. The Morgan fingerprint density at radius 2 is 1.82 bits per heavy atom. The predicted octanol–water partition coefficient (Wildman–Crippen LogP) is 5.96. The number of hydrogen-bond donors (Lipinski definition) is 1. The van der Waals surface area contributed by atoms with Crippen LogP contribution in [0.2, 0.25) is 5.02 Å². The van der Waals surface area contributed by atoms with Gasteiger partial charge in [-0.2, -0.15) is 0 Å². The second-order valence-electron chi connectivity index (χ2n) is 7.85. The summed E-state index contributed by atoms with van der Waals surface area (Å²) in [6.45, 7) is 4.06. The highest BCUT2D eigenvalue weighted by Crippen LogP contribution is 2.30. The van der Waals surface area contributed by atoms with Crippen molar-refractivity contribution in [1.82, 2.24) is 5.32 Å². The third-order valence-electron chi connectivity index (χ3n) is 5.26. The van der Waals surface area contributed by atoms with E-state index < -0.39 is 17.8 Å². The first-order chi connectivity index (χ1) is 16.2. The molecule has 0 aromatic heterocycles. The molecule has 0 radical (unpaired) electrons. The van der Waals surface area contributed by atoms with Crippen LogP contribution in [-0.4, -0.2) is 17.8 Å². The molecule has 1 aliphatic rings. The molecule has 6 nitrogen and oxygen atoms in total. The maximum Gasteiger partial charge on any atom is 0.335 e. The van der Waals surface area contributed by atoms with Gasteiger partial charge in [0.15, 0.2) is 0 Å². The van der Waals surface area contributed by atoms with Crippen molar-refractivity contribution in [3.05, 3.63) is 98.0 Å². The molecular weight excluding hydrogens is 520 g/mol. The van der Waals surface area contributed by atoms with E-state index in [2.05, 4.69) is 21.2 Å². The molecule has 1 saturated heterocycles. The zero-order valence-electron chi connectivity index (χ0n) is 18.4. The van der Waals surface area contributed by atoms with Crippen molar-refractivity contribution in [2.24, 2.45) is 0 Å². The molecule has 0 unspecified atom stereocenters. The molecule has 0 saturated carbocycles. The highest BCUT2D eigenvalue weighted by atomic mass is 79.9. The zero-order valence-corrected chi connectivity index (χ0v) is 20.7. The lowest BCUT2D eigenvalue weighted by atomic mass is 10.0. The minimum absolute atomic E-state index is 0.197. The van der Waals surface area contributed by atoms with Gasteiger partial charge in [-0.25, -0.2) is 9.69 Å². The topological polar surface area (TPSA) is 75.7 Å². The third-order valence-corrected chi connectivity index (χ3v) is 5.99. The first-order valence-corrected chi connectivity index (χ1v) is 11.6. The minimum Gasteiger partial charge on any atom is -0.488 e. The maximum absolute atomic E-state index is 13.3. The van der Waals surface area contributed by atoms with E-state index in [0.29, 0.717) is 34.2 Å². The quantitative estimate of drug-likeness (QED) is 0.320. The van der Waals surface area contributed by atoms with Crippen LogP contribution < -0.4 is 15.0 Å². The summed E-state index contributed by atoms with van der Waals surface area (Å²) in [6.07, 6.45) is 1.42. The summed E-state index contributed by atoms with van der Waals surface area (Å²) in [5.41, 5.74) is 3.38. The number of barbiturate groups is 1. The number of imide groups is 2. The van der Waals surface area contributed by atoms with Crippen LogP contribution in [0.15, 0.2) is 70.7 Å². The number of rotatable bonds is 5. The summed E-state index contributed by atoms with van der Waals surface area (Å²) in [4.78, 5) is 39.4. The fourth-order valence-electron chi connectivity index (χ4n) is 3.58. The number of carbonyl (C=O) groups is 3. The van der Waals surface area contributed by atoms with Crippen LogP contribution in [0.4, 0.5) is 10.5 Å². The van der Waals surface area contributed by atoms with Gasteiger partial charge < -0.3 is 4.74 Å². The van der Waals surface area contributed by atoms with Crippen LogP contribution in [0.5, 0.6) is 5.75 Å². The van der Waals surface area contributed by atoms with Crippen LogP contribution in [0, 0.1) is 13.8 Å². The van der Waals surface area contributed by atoms with Gasteiger partial charge in [-0.3, -0.25) is 14.9 Å². The Morgan fingerprint density at radius 1 is 1.03 bits per heavy atom. The number of halogens is 2. The fourth-order valence-corrected chi connectivity index (χ4v) is 4.13. The van der Waals surface area contributed by atoms with Gasteiger partial charge >= 0.3 is 6.03 Å². The third kappa shape index (κ3) is 5.05. The van der Waals surface area contributed by atoms with Gasteiger partial charge in [-0.1, -0.05) is 63.4 Å². The van der Waals surface area contributed by atoms with Gasteiger partial charge in [0, 0.05) is 15.1 Å². The molecule has 0 aliphatic carbocycles. The Balaban J connectivity index is 1.70. The average Bonchev–Trinajstić information content (AvgIpc) is 2.78. The summed E-state index contributed by atoms with van der Waals surface area (Å²) >= 11 is 9.51. The van der Waals surface area contributed by atoms with E-state index in [4.69, 9.17) is 16.3 Å². The van der Waals surface area contributed by atoms with Gasteiger partial charge in [0.05, 0.1) is 5.69 Å². The molecule has 34 heavy (non-hydrogen) atoms. The smallest absolute Gasteiger partial charge is 0.335 e. The average molecular weight is 540 g/mol. The molecular formula is C26H20BrClN2O4. The molecule has 1 fully saturated rings.